The fourth-order valence-corrected chi connectivity index (χ4v) is 6.17. The first kappa shape index (κ1) is 31.6. The van der Waals surface area contributed by atoms with Crippen molar-refractivity contribution < 1.29 is 41.1 Å². The van der Waals surface area contributed by atoms with Crippen LogP contribution in [0.4, 0.5) is 13.2 Å². The molecule has 2 fully saturated rings. The number of hydrogen-bond acceptors (Lipinski definition) is 8. The smallest absolute Gasteiger partial charge is 0.274 e. The SMILES string of the molecule is C[C@H]1CC[C@]2(CC(C#CC(C)(C)S(C)(=O)=O)N(Cc3c(F)cc(F)cc3F)O2)[C@H]2CN1C(=O)c1c(O)c(=O)c(C(N)=O)cn12. The molecule has 0 saturated carbocycles. The predicted octanol–water partition coefficient (Wildman–Crippen LogP) is 2.02. The number of pyridine rings is 1. The molecule has 3 aliphatic rings. The van der Waals surface area contributed by atoms with E-state index in [0.29, 0.717) is 18.6 Å². The van der Waals surface area contributed by atoms with Crippen molar-refractivity contribution in [2.75, 3.05) is 12.8 Å². The highest BCUT2D eigenvalue weighted by Crippen LogP contribution is 2.49. The van der Waals surface area contributed by atoms with E-state index in [1.165, 1.54) is 28.4 Å². The lowest BCUT2D eigenvalue weighted by Crippen LogP contribution is -2.52. The maximum atomic E-state index is 14.8. The zero-order valence-electron chi connectivity index (χ0n) is 24.4. The molecule has 5 rings (SSSR count). The van der Waals surface area contributed by atoms with E-state index in [1.54, 1.807) is 6.92 Å². The lowest BCUT2D eigenvalue weighted by molar-refractivity contribution is -0.223. The molecule has 1 aromatic heterocycles. The van der Waals surface area contributed by atoms with Gasteiger partial charge in [0.2, 0.25) is 5.43 Å². The van der Waals surface area contributed by atoms with Crippen LogP contribution in [0.25, 0.3) is 0 Å². The molecule has 11 nitrogen and oxygen atoms in total. The van der Waals surface area contributed by atoms with Crippen molar-refractivity contribution in [3.63, 3.8) is 0 Å². The van der Waals surface area contributed by atoms with Crippen molar-refractivity contribution in [2.45, 2.75) is 75.1 Å². The third-order valence-corrected chi connectivity index (χ3v) is 10.8. The summed E-state index contributed by atoms with van der Waals surface area (Å²) in [5.41, 5.74) is 1.55. The van der Waals surface area contributed by atoms with Gasteiger partial charge in [0.05, 0.1) is 18.6 Å². The number of nitrogens with zero attached hydrogens (tertiary/aromatic N) is 3. The van der Waals surface area contributed by atoms with Gasteiger partial charge < -0.3 is 20.3 Å². The molecule has 2 saturated heterocycles. The summed E-state index contributed by atoms with van der Waals surface area (Å²) in [5.74, 6) is -0.544. The molecule has 0 radical (unpaired) electrons. The molecule has 1 spiro atoms. The Labute approximate surface area is 251 Å². The molecule has 4 heterocycles. The van der Waals surface area contributed by atoms with Crippen LogP contribution < -0.4 is 11.2 Å². The molecular weight excluding hydrogens is 605 g/mol. The molecule has 2 amide bonds. The van der Waals surface area contributed by atoms with Crippen molar-refractivity contribution in [3.05, 3.63) is 62.8 Å². The number of primary amides is 1. The van der Waals surface area contributed by atoms with Crippen LogP contribution in [0.1, 0.15) is 72.5 Å². The number of aromatic nitrogens is 1. The first-order chi connectivity index (χ1) is 20.4. The molecule has 3 N–H and O–H groups in total. The lowest BCUT2D eigenvalue weighted by Gasteiger charge is -2.42. The number of aromatic hydroxyl groups is 1. The van der Waals surface area contributed by atoms with Crippen LogP contribution >= 0.6 is 0 Å². The van der Waals surface area contributed by atoms with Crippen LogP contribution in [-0.2, 0) is 21.2 Å². The average molecular weight is 637 g/mol. The number of benzene rings is 1. The first-order valence-corrected chi connectivity index (χ1v) is 15.7. The van der Waals surface area contributed by atoms with Crippen LogP contribution in [0, 0.1) is 29.3 Å². The standard InChI is InChI=1S/C29H31F3N4O7S/c1-15-5-8-29(22-14-34(15)27(40)23-25(38)24(37)19(26(33)39)12-35(22)23)11-17(6-7-28(2,3)44(4,41)42)36(43-29)13-18-20(31)9-16(30)10-21(18)32/h9-10,12,15,17,22,38H,5,8,11,13-14H2,1-4H3,(H2,33,39)/t15-,17?,22+,29-/m0/s1. The Morgan fingerprint density at radius 3 is 2.45 bits per heavy atom. The summed E-state index contributed by atoms with van der Waals surface area (Å²) < 4.78 is 67.8. The molecule has 15 heteroatoms. The highest BCUT2D eigenvalue weighted by molar-refractivity contribution is 7.92. The van der Waals surface area contributed by atoms with Crippen molar-refractivity contribution in [2.24, 2.45) is 5.73 Å². The van der Waals surface area contributed by atoms with Gasteiger partial charge in [0, 0.05) is 49.2 Å². The van der Waals surface area contributed by atoms with Gasteiger partial charge in [-0.1, -0.05) is 11.8 Å². The number of rotatable bonds is 4. The van der Waals surface area contributed by atoms with Gasteiger partial charge in [-0.2, -0.15) is 5.06 Å². The first-order valence-electron chi connectivity index (χ1n) is 13.8. The number of hydroxylamine groups is 2. The van der Waals surface area contributed by atoms with E-state index >= 15 is 0 Å². The van der Waals surface area contributed by atoms with Gasteiger partial charge in [0.15, 0.2) is 21.3 Å². The Balaban J connectivity index is 1.68. The maximum Gasteiger partial charge on any atom is 0.274 e. The zero-order chi connectivity index (χ0) is 32.5. The number of amides is 2. The zero-order valence-corrected chi connectivity index (χ0v) is 25.2. The summed E-state index contributed by atoms with van der Waals surface area (Å²) >= 11 is 0. The van der Waals surface area contributed by atoms with E-state index in [-0.39, 0.29) is 31.1 Å². The number of fused-ring (bicyclic) bond motifs is 5. The Kier molecular flexibility index (Phi) is 7.63. The molecule has 4 atom stereocenters. The van der Waals surface area contributed by atoms with E-state index in [4.69, 9.17) is 10.6 Å². The van der Waals surface area contributed by atoms with Gasteiger partial charge in [0.25, 0.3) is 11.8 Å². The minimum absolute atomic E-state index is 0.00953. The number of carbonyl (C=O) groups is 2. The molecule has 44 heavy (non-hydrogen) atoms. The third-order valence-electron chi connectivity index (χ3n) is 8.84. The second kappa shape index (κ2) is 10.6. The molecule has 0 aliphatic carbocycles. The van der Waals surface area contributed by atoms with Crippen LogP contribution in [0.15, 0.2) is 23.1 Å². The number of carbonyl (C=O) groups excluding carboxylic acids is 2. The van der Waals surface area contributed by atoms with E-state index in [9.17, 15) is 41.1 Å². The molecule has 236 valence electrons. The number of nitrogens with two attached hydrogens (primary N) is 1. The summed E-state index contributed by atoms with van der Waals surface area (Å²) in [4.78, 5) is 46.3. The fourth-order valence-electron chi connectivity index (χ4n) is 5.92. The summed E-state index contributed by atoms with van der Waals surface area (Å²) in [6.07, 6.45) is 2.76. The van der Waals surface area contributed by atoms with Gasteiger partial charge >= 0.3 is 0 Å². The topological polar surface area (TPSA) is 152 Å². The van der Waals surface area contributed by atoms with Crippen LogP contribution in [0.3, 0.4) is 0 Å². The fraction of sp³-hybridized carbons (Fsp3) is 0.483. The van der Waals surface area contributed by atoms with Gasteiger partial charge in [-0.3, -0.25) is 19.2 Å². The molecule has 2 aromatic rings. The molecule has 2 bridgehead atoms. The Bertz CT molecular complexity index is 1790. The third kappa shape index (κ3) is 5.14. The second-order valence-electron chi connectivity index (χ2n) is 12.1. The van der Waals surface area contributed by atoms with Crippen molar-refractivity contribution in [1.82, 2.24) is 14.5 Å². The summed E-state index contributed by atoms with van der Waals surface area (Å²) in [5, 5.41) is 12.0. The molecule has 1 aromatic carbocycles. The number of sulfone groups is 1. The lowest BCUT2D eigenvalue weighted by atomic mass is 9.83. The van der Waals surface area contributed by atoms with Crippen molar-refractivity contribution in [1.29, 1.82) is 0 Å². The largest absolute Gasteiger partial charge is 0.503 e. The summed E-state index contributed by atoms with van der Waals surface area (Å²) in [6, 6.07) is -1.15. The van der Waals surface area contributed by atoms with Gasteiger partial charge in [-0.05, 0) is 33.6 Å². The summed E-state index contributed by atoms with van der Waals surface area (Å²) in [7, 11) is -3.66. The van der Waals surface area contributed by atoms with Crippen LogP contribution in [0.2, 0.25) is 0 Å². The van der Waals surface area contributed by atoms with E-state index < -0.39 is 90.4 Å². The predicted molar refractivity (Wildman–Crippen MR) is 150 cm³/mol. The van der Waals surface area contributed by atoms with E-state index in [2.05, 4.69) is 11.8 Å². The Hall–Kier alpha value is -3.87. The average Bonchev–Trinajstić information content (AvgIpc) is 3.21. The van der Waals surface area contributed by atoms with E-state index in [0.717, 1.165) is 12.5 Å². The molecule has 3 aliphatic heterocycles. The summed E-state index contributed by atoms with van der Waals surface area (Å²) in [6.45, 7) is 4.05. The van der Waals surface area contributed by atoms with Gasteiger partial charge in [-0.15, -0.1) is 0 Å². The van der Waals surface area contributed by atoms with Crippen molar-refractivity contribution >= 4 is 21.7 Å². The molecule has 1 unspecified atom stereocenters. The highest BCUT2D eigenvalue weighted by atomic mass is 32.2. The highest BCUT2D eigenvalue weighted by Gasteiger charge is 2.56. The Morgan fingerprint density at radius 1 is 1.23 bits per heavy atom. The van der Waals surface area contributed by atoms with Crippen LogP contribution in [0.5, 0.6) is 5.75 Å². The van der Waals surface area contributed by atoms with Crippen molar-refractivity contribution in [3.8, 4) is 17.6 Å². The van der Waals surface area contributed by atoms with Crippen LogP contribution in [-0.4, -0.2) is 75.1 Å². The van der Waals surface area contributed by atoms with Gasteiger partial charge in [0.1, 0.15) is 33.4 Å². The minimum atomic E-state index is -3.66. The minimum Gasteiger partial charge on any atom is -0.503 e. The normalized spacial score (nSPS) is 25.4. The van der Waals surface area contributed by atoms with Gasteiger partial charge in [-0.25, -0.2) is 21.6 Å². The van der Waals surface area contributed by atoms with E-state index in [1.807, 2.05) is 0 Å². The maximum absolute atomic E-state index is 14.8. The number of halogens is 3. The molecular formula is C29H31F3N4O7S. The second-order valence-corrected chi connectivity index (χ2v) is 14.6. The Morgan fingerprint density at radius 2 is 1.86 bits per heavy atom. The monoisotopic (exact) mass is 636 g/mol. The quantitative estimate of drug-likeness (QED) is 0.484. The number of hydrogen-bond donors (Lipinski definition) is 2.